The van der Waals surface area contributed by atoms with E-state index in [1.807, 2.05) is 18.2 Å². The van der Waals surface area contributed by atoms with E-state index in [1.54, 1.807) is 12.4 Å². The molecule has 1 aromatic carbocycles. The molecule has 4 nitrogen and oxygen atoms in total. The number of rotatable bonds is 4. The van der Waals surface area contributed by atoms with Crippen LogP contribution in [0.2, 0.25) is 0 Å². The van der Waals surface area contributed by atoms with E-state index in [2.05, 4.69) is 17.1 Å². The average Bonchev–Trinajstić information content (AvgIpc) is 2.89. The molecule has 0 amide bonds. The van der Waals surface area contributed by atoms with Gasteiger partial charge in [-0.3, -0.25) is 0 Å². The molecule has 0 spiro atoms. The highest BCUT2D eigenvalue weighted by molar-refractivity contribution is 5.69. The molecule has 0 aliphatic carbocycles. The van der Waals surface area contributed by atoms with Gasteiger partial charge in [0.05, 0.1) is 6.61 Å². The summed E-state index contributed by atoms with van der Waals surface area (Å²) in [7, 11) is 0. The SMILES string of the molecule is O=C(OCCCc1ccccc1)n1ccnc1. The van der Waals surface area contributed by atoms with Gasteiger partial charge in [0.15, 0.2) is 0 Å². The molecule has 0 saturated carbocycles. The Kier molecular flexibility index (Phi) is 3.91. The molecular weight excluding hydrogens is 216 g/mol. The molecule has 17 heavy (non-hydrogen) atoms. The Morgan fingerprint density at radius 1 is 1.29 bits per heavy atom. The van der Waals surface area contributed by atoms with Crippen molar-refractivity contribution in [2.45, 2.75) is 12.8 Å². The van der Waals surface area contributed by atoms with Crippen molar-refractivity contribution >= 4 is 6.09 Å². The van der Waals surface area contributed by atoms with Crippen LogP contribution < -0.4 is 0 Å². The lowest BCUT2D eigenvalue weighted by Gasteiger charge is -2.04. The van der Waals surface area contributed by atoms with E-state index >= 15 is 0 Å². The molecule has 0 radical (unpaired) electrons. The van der Waals surface area contributed by atoms with Crippen molar-refractivity contribution in [1.29, 1.82) is 0 Å². The quantitative estimate of drug-likeness (QED) is 0.758. The van der Waals surface area contributed by atoms with Gasteiger partial charge in [0.25, 0.3) is 0 Å². The first-order valence-corrected chi connectivity index (χ1v) is 5.55. The maximum absolute atomic E-state index is 11.4. The van der Waals surface area contributed by atoms with Crippen LogP contribution in [-0.2, 0) is 11.2 Å². The van der Waals surface area contributed by atoms with Crippen molar-refractivity contribution in [3.8, 4) is 0 Å². The predicted octanol–water partition coefficient (Wildman–Crippen LogP) is 2.50. The number of aromatic nitrogens is 2. The largest absolute Gasteiger partial charge is 0.449 e. The number of imidazole rings is 1. The topological polar surface area (TPSA) is 44.1 Å². The van der Waals surface area contributed by atoms with Crippen LogP contribution in [0.5, 0.6) is 0 Å². The van der Waals surface area contributed by atoms with Gasteiger partial charge in [0.1, 0.15) is 6.33 Å². The zero-order chi connectivity index (χ0) is 11.9. The fraction of sp³-hybridized carbons (Fsp3) is 0.231. The summed E-state index contributed by atoms with van der Waals surface area (Å²) in [6.45, 7) is 0.423. The second-order valence-electron chi connectivity index (χ2n) is 3.67. The third kappa shape index (κ3) is 3.45. The monoisotopic (exact) mass is 230 g/mol. The molecular formula is C13H14N2O2. The van der Waals surface area contributed by atoms with E-state index in [-0.39, 0.29) is 6.09 Å². The molecule has 0 N–H and O–H groups in total. The molecule has 0 bridgehead atoms. The Bertz CT molecular complexity index is 452. The minimum atomic E-state index is -0.379. The Balaban J connectivity index is 1.69. The third-order valence-electron chi connectivity index (χ3n) is 2.39. The van der Waals surface area contributed by atoms with E-state index in [1.165, 1.54) is 16.5 Å². The second-order valence-corrected chi connectivity index (χ2v) is 3.67. The summed E-state index contributed by atoms with van der Waals surface area (Å²) in [5.74, 6) is 0. The van der Waals surface area contributed by atoms with E-state index in [0.29, 0.717) is 6.61 Å². The number of nitrogens with zero attached hydrogens (tertiary/aromatic N) is 2. The number of aryl methyl sites for hydroxylation is 1. The maximum Gasteiger partial charge on any atom is 0.419 e. The summed E-state index contributed by atoms with van der Waals surface area (Å²) >= 11 is 0. The standard InChI is InChI=1S/C13H14N2O2/c16-13(15-9-8-14-11-15)17-10-4-7-12-5-2-1-3-6-12/h1-3,5-6,8-9,11H,4,7,10H2. The first-order valence-electron chi connectivity index (χ1n) is 5.55. The molecule has 1 heterocycles. The smallest absolute Gasteiger partial charge is 0.419 e. The van der Waals surface area contributed by atoms with Crippen LogP contribution in [0, 0.1) is 0 Å². The minimum absolute atomic E-state index is 0.379. The van der Waals surface area contributed by atoms with E-state index < -0.39 is 0 Å². The van der Waals surface area contributed by atoms with Crippen molar-refractivity contribution in [3.63, 3.8) is 0 Å². The molecule has 1 aromatic heterocycles. The first kappa shape index (κ1) is 11.4. The van der Waals surface area contributed by atoms with Crippen LogP contribution in [0.1, 0.15) is 12.0 Å². The highest BCUT2D eigenvalue weighted by atomic mass is 16.5. The van der Waals surface area contributed by atoms with Crippen LogP contribution in [-0.4, -0.2) is 22.3 Å². The molecule has 0 atom stereocenters. The molecule has 88 valence electrons. The van der Waals surface area contributed by atoms with Crippen molar-refractivity contribution in [2.75, 3.05) is 6.61 Å². The second kappa shape index (κ2) is 5.84. The van der Waals surface area contributed by atoms with Crippen molar-refractivity contribution in [1.82, 2.24) is 9.55 Å². The van der Waals surface area contributed by atoms with E-state index in [4.69, 9.17) is 4.74 Å². The van der Waals surface area contributed by atoms with Gasteiger partial charge in [-0.05, 0) is 18.4 Å². The molecule has 2 aromatic rings. The number of carbonyl (C=O) groups excluding carboxylic acids is 1. The molecule has 0 saturated heterocycles. The summed E-state index contributed by atoms with van der Waals surface area (Å²) in [4.78, 5) is 15.2. The Morgan fingerprint density at radius 2 is 2.12 bits per heavy atom. The molecule has 0 aliphatic heterocycles. The Morgan fingerprint density at radius 3 is 2.82 bits per heavy atom. The number of carbonyl (C=O) groups is 1. The van der Waals surface area contributed by atoms with E-state index in [9.17, 15) is 4.79 Å². The normalized spacial score (nSPS) is 10.1. The lowest BCUT2D eigenvalue weighted by Crippen LogP contribution is -2.12. The van der Waals surface area contributed by atoms with E-state index in [0.717, 1.165) is 12.8 Å². The predicted molar refractivity (Wildman–Crippen MR) is 63.7 cm³/mol. The lowest BCUT2D eigenvalue weighted by molar-refractivity contribution is 0.146. The maximum atomic E-state index is 11.4. The number of hydrogen-bond donors (Lipinski definition) is 0. The molecule has 0 unspecified atom stereocenters. The van der Waals surface area contributed by atoms with Gasteiger partial charge in [0, 0.05) is 12.4 Å². The summed E-state index contributed by atoms with van der Waals surface area (Å²) in [5, 5.41) is 0. The van der Waals surface area contributed by atoms with Gasteiger partial charge in [-0.2, -0.15) is 0 Å². The highest BCUT2D eigenvalue weighted by Gasteiger charge is 2.03. The fourth-order valence-electron chi connectivity index (χ4n) is 1.52. The zero-order valence-electron chi connectivity index (χ0n) is 9.45. The summed E-state index contributed by atoms with van der Waals surface area (Å²) in [6.07, 6.45) is 5.91. The molecule has 2 rings (SSSR count). The average molecular weight is 230 g/mol. The lowest BCUT2D eigenvalue weighted by atomic mass is 10.1. The van der Waals surface area contributed by atoms with Gasteiger partial charge >= 0.3 is 6.09 Å². The van der Waals surface area contributed by atoms with Crippen molar-refractivity contribution in [3.05, 3.63) is 54.6 Å². The number of benzene rings is 1. The van der Waals surface area contributed by atoms with Gasteiger partial charge in [-0.15, -0.1) is 0 Å². The summed E-state index contributed by atoms with van der Waals surface area (Å²) in [5.41, 5.74) is 1.26. The van der Waals surface area contributed by atoms with Crippen LogP contribution in [0.25, 0.3) is 0 Å². The van der Waals surface area contributed by atoms with Crippen LogP contribution >= 0.6 is 0 Å². The summed E-state index contributed by atoms with van der Waals surface area (Å²) in [6, 6.07) is 10.1. The first-order chi connectivity index (χ1) is 8.36. The molecule has 0 fully saturated rings. The molecule has 4 heteroatoms. The van der Waals surface area contributed by atoms with Gasteiger partial charge in [-0.1, -0.05) is 30.3 Å². The van der Waals surface area contributed by atoms with Gasteiger partial charge in [0.2, 0.25) is 0 Å². The third-order valence-corrected chi connectivity index (χ3v) is 2.39. The minimum Gasteiger partial charge on any atom is -0.449 e. The Labute approximate surface area is 99.9 Å². The fourth-order valence-corrected chi connectivity index (χ4v) is 1.52. The van der Waals surface area contributed by atoms with Crippen molar-refractivity contribution < 1.29 is 9.53 Å². The zero-order valence-corrected chi connectivity index (χ0v) is 9.45. The Hall–Kier alpha value is -2.10. The number of ether oxygens (including phenoxy) is 1. The van der Waals surface area contributed by atoms with Crippen molar-refractivity contribution in [2.24, 2.45) is 0 Å². The van der Waals surface area contributed by atoms with Crippen LogP contribution in [0.4, 0.5) is 4.79 Å². The van der Waals surface area contributed by atoms with Gasteiger partial charge < -0.3 is 4.74 Å². The molecule has 0 aliphatic rings. The van der Waals surface area contributed by atoms with Crippen LogP contribution in [0.3, 0.4) is 0 Å². The van der Waals surface area contributed by atoms with Gasteiger partial charge in [-0.25, -0.2) is 14.3 Å². The highest BCUT2D eigenvalue weighted by Crippen LogP contribution is 2.02. The number of hydrogen-bond acceptors (Lipinski definition) is 3. The summed E-state index contributed by atoms with van der Waals surface area (Å²) < 4.78 is 6.41. The van der Waals surface area contributed by atoms with Crippen LogP contribution in [0.15, 0.2) is 49.1 Å².